The van der Waals surface area contributed by atoms with Crippen LogP contribution in [0.4, 0.5) is 5.82 Å². The van der Waals surface area contributed by atoms with Crippen LogP contribution in [0, 0.1) is 36.0 Å². The summed E-state index contributed by atoms with van der Waals surface area (Å²) in [6.07, 6.45) is 2.16. The molecule has 0 bridgehead atoms. The Kier molecular flexibility index (Phi) is 7.24. The number of carbonyl (C=O) groups is 4. The average molecular weight is 717 g/mol. The zero-order valence-corrected chi connectivity index (χ0v) is 29.3. The quantitative estimate of drug-likeness (QED) is 0.153. The second-order valence-electron chi connectivity index (χ2n) is 13.6. The van der Waals surface area contributed by atoms with Crippen molar-refractivity contribution < 1.29 is 39.0 Å². The normalized spacial score (nSPS) is 27.5. The van der Waals surface area contributed by atoms with Gasteiger partial charge in [0.15, 0.2) is 11.5 Å². The SMILES string of the molecule is COc1cc([C@H]2C3=CC[C@@H]4C(=O)N(O)C(=O)[C@@H]4[C@@H]3C[C@H]3C(=O)N(c4cc(-c5sc6ccc(Cl)cc6c5C)nn4C)C(=O)[C@@]23C)cc(OC)c1O. The van der Waals surface area contributed by atoms with Gasteiger partial charge in [-0.2, -0.15) is 10.2 Å². The molecule has 4 aromatic rings. The van der Waals surface area contributed by atoms with Crippen molar-refractivity contribution >= 4 is 62.5 Å². The van der Waals surface area contributed by atoms with Crippen molar-refractivity contribution in [3.8, 4) is 27.8 Å². The summed E-state index contributed by atoms with van der Waals surface area (Å²) < 4.78 is 13.5. The van der Waals surface area contributed by atoms with Crippen molar-refractivity contribution in [2.24, 2.45) is 36.1 Å². The molecule has 0 spiro atoms. The fourth-order valence-corrected chi connectivity index (χ4v) is 10.2. The average Bonchev–Trinajstić information content (AvgIpc) is 3.76. The number of rotatable bonds is 5. The Morgan fingerprint density at radius 3 is 2.38 bits per heavy atom. The van der Waals surface area contributed by atoms with Crippen molar-refractivity contribution in [1.29, 1.82) is 0 Å². The Balaban J connectivity index is 1.28. The first-order chi connectivity index (χ1) is 23.8. The van der Waals surface area contributed by atoms with Gasteiger partial charge in [-0.1, -0.05) is 23.3 Å². The summed E-state index contributed by atoms with van der Waals surface area (Å²) in [6, 6.07) is 10.6. The third-order valence-electron chi connectivity index (χ3n) is 11.3. The Morgan fingerprint density at radius 2 is 1.70 bits per heavy atom. The van der Waals surface area contributed by atoms with E-state index >= 15 is 0 Å². The van der Waals surface area contributed by atoms with Crippen molar-refractivity contribution in [1.82, 2.24) is 14.8 Å². The molecule has 4 aliphatic rings. The van der Waals surface area contributed by atoms with E-state index in [0.717, 1.165) is 20.5 Å². The summed E-state index contributed by atoms with van der Waals surface area (Å²) in [6.45, 7) is 3.74. The number of ether oxygens (including phenoxy) is 2. The second kappa shape index (κ2) is 11.1. The molecule has 2 aliphatic heterocycles. The van der Waals surface area contributed by atoms with Crippen LogP contribution in [0.3, 0.4) is 0 Å². The first-order valence-corrected chi connectivity index (χ1v) is 17.3. The minimum Gasteiger partial charge on any atom is -0.502 e. The Bertz CT molecular complexity index is 2200. The van der Waals surface area contributed by atoms with E-state index < -0.39 is 58.6 Å². The maximum absolute atomic E-state index is 15.0. The number of anilines is 1. The number of fused-ring (bicyclic) bond motifs is 5. The number of aryl methyl sites for hydroxylation is 2. The number of phenols is 1. The number of hydroxylamine groups is 2. The van der Waals surface area contributed by atoms with E-state index in [1.807, 2.05) is 31.2 Å². The van der Waals surface area contributed by atoms with E-state index in [0.29, 0.717) is 27.7 Å². The monoisotopic (exact) mass is 716 g/mol. The van der Waals surface area contributed by atoms with E-state index in [2.05, 4.69) is 0 Å². The Labute approximate surface area is 295 Å². The highest BCUT2D eigenvalue weighted by Crippen LogP contribution is 2.64. The lowest BCUT2D eigenvalue weighted by Gasteiger charge is -2.49. The number of aromatic nitrogens is 2. The lowest BCUT2D eigenvalue weighted by molar-refractivity contribution is -0.173. The minimum absolute atomic E-state index is 0.106. The van der Waals surface area contributed by atoms with E-state index in [9.17, 15) is 29.5 Å². The molecule has 0 unspecified atom stereocenters. The third-order valence-corrected chi connectivity index (χ3v) is 12.8. The van der Waals surface area contributed by atoms with Gasteiger partial charge in [-0.05, 0) is 79.5 Å². The Hall–Kier alpha value is -4.72. The smallest absolute Gasteiger partial charge is 0.257 e. The summed E-state index contributed by atoms with van der Waals surface area (Å²) in [7, 11) is 4.48. The van der Waals surface area contributed by atoms with E-state index in [1.165, 1.54) is 23.8 Å². The number of hydrogen-bond acceptors (Lipinski definition) is 10. The molecule has 1 saturated carbocycles. The standard InChI is InChI=1S/C36H33ClN4O8S/c1-15-20-12-17(37)6-9-26(20)50-31(15)23-14-27(39(3)38-23)40-33(44)22-13-21-18(7-8-19-28(21)34(45)41(47)32(19)43)29(36(22,2)35(40)46)16-10-24(48-4)30(42)25(11-16)49-5/h6-7,9-12,14,19,21-22,28-29,42,47H,8,13H2,1-5H3/t19-,21+,22-,28-,29-,36+/m0/s1. The van der Waals surface area contributed by atoms with Crippen molar-refractivity contribution in [2.75, 3.05) is 19.1 Å². The largest absolute Gasteiger partial charge is 0.502 e. The summed E-state index contributed by atoms with van der Waals surface area (Å²) in [5, 5.41) is 27.7. The van der Waals surface area contributed by atoms with E-state index in [1.54, 1.807) is 43.5 Å². The van der Waals surface area contributed by atoms with Gasteiger partial charge in [0.25, 0.3) is 11.8 Å². The highest BCUT2D eigenvalue weighted by atomic mass is 35.5. The number of thiophene rings is 1. The number of amides is 4. The molecule has 258 valence electrons. The topological polar surface area (TPSA) is 151 Å². The van der Waals surface area contributed by atoms with Crippen LogP contribution in [0.5, 0.6) is 17.2 Å². The van der Waals surface area contributed by atoms with Crippen molar-refractivity contribution in [3.63, 3.8) is 0 Å². The summed E-state index contributed by atoms with van der Waals surface area (Å²) in [5.74, 6) is -6.00. The fourth-order valence-electron chi connectivity index (χ4n) is 8.89. The highest BCUT2D eigenvalue weighted by Gasteiger charge is 2.68. The number of imide groups is 2. The number of phenolic OH excluding ortho intramolecular Hbond substituents is 1. The predicted molar refractivity (Wildman–Crippen MR) is 183 cm³/mol. The number of hydrogen-bond donors (Lipinski definition) is 2. The van der Waals surface area contributed by atoms with Gasteiger partial charge in [-0.15, -0.1) is 11.3 Å². The molecule has 6 atom stereocenters. The molecule has 0 radical (unpaired) electrons. The first-order valence-electron chi connectivity index (χ1n) is 16.1. The van der Waals surface area contributed by atoms with Crippen LogP contribution in [0.25, 0.3) is 20.7 Å². The van der Waals surface area contributed by atoms with Crippen LogP contribution in [0.15, 0.2) is 48.0 Å². The van der Waals surface area contributed by atoms with Gasteiger partial charge in [-0.25, -0.2) is 4.90 Å². The fraction of sp³-hybridized carbons (Fsp3) is 0.361. The van der Waals surface area contributed by atoms with Crippen LogP contribution in [0.1, 0.15) is 36.8 Å². The van der Waals surface area contributed by atoms with Gasteiger partial charge in [0.2, 0.25) is 17.6 Å². The molecule has 4 amide bonds. The predicted octanol–water partition coefficient (Wildman–Crippen LogP) is 5.61. The molecule has 8 rings (SSSR count). The zero-order valence-electron chi connectivity index (χ0n) is 27.8. The van der Waals surface area contributed by atoms with Crippen LogP contribution >= 0.6 is 22.9 Å². The van der Waals surface area contributed by atoms with Crippen molar-refractivity contribution in [2.45, 2.75) is 32.6 Å². The molecule has 4 heterocycles. The molecular weight excluding hydrogens is 684 g/mol. The lowest BCUT2D eigenvalue weighted by atomic mass is 9.51. The number of carbonyl (C=O) groups excluding carboxylic acids is 4. The zero-order chi connectivity index (χ0) is 35.5. The van der Waals surface area contributed by atoms with E-state index in [-0.39, 0.29) is 35.2 Å². The molecule has 12 nitrogen and oxygen atoms in total. The van der Waals surface area contributed by atoms with Gasteiger partial charge in [0.1, 0.15) is 11.5 Å². The van der Waals surface area contributed by atoms with Crippen LogP contribution in [-0.4, -0.2) is 63.0 Å². The highest BCUT2D eigenvalue weighted by molar-refractivity contribution is 7.22. The number of aromatic hydroxyl groups is 1. The van der Waals surface area contributed by atoms with Gasteiger partial charge in [0, 0.05) is 28.8 Å². The molecule has 2 aliphatic carbocycles. The second-order valence-corrected chi connectivity index (χ2v) is 15.1. The lowest BCUT2D eigenvalue weighted by Crippen LogP contribution is -2.48. The molecule has 2 aromatic carbocycles. The van der Waals surface area contributed by atoms with Gasteiger partial charge in [0.05, 0.1) is 42.3 Å². The Morgan fingerprint density at radius 1 is 1.00 bits per heavy atom. The number of benzene rings is 2. The molecule has 14 heteroatoms. The van der Waals surface area contributed by atoms with E-state index in [4.69, 9.17) is 26.2 Å². The maximum Gasteiger partial charge on any atom is 0.257 e. The maximum atomic E-state index is 15.0. The third kappa shape index (κ3) is 4.23. The summed E-state index contributed by atoms with van der Waals surface area (Å²) in [4.78, 5) is 58.0. The summed E-state index contributed by atoms with van der Waals surface area (Å²) >= 11 is 7.83. The number of allylic oxidation sites excluding steroid dienone is 2. The van der Waals surface area contributed by atoms with Crippen LogP contribution in [0.2, 0.25) is 5.02 Å². The molecule has 2 N–H and O–H groups in total. The van der Waals surface area contributed by atoms with Crippen molar-refractivity contribution in [3.05, 3.63) is 64.2 Å². The molecular formula is C36H33ClN4O8S. The van der Waals surface area contributed by atoms with Gasteiger partial charge in [-0.3, -0.25) is 29.1 Å². The number of nitrogens with zero attached hydrogens (tertiary/aromatic N) is 4. The number of halogens is 1. The first kappa shape index (κ1) is 32.5. The molecule has 3 fully saturated rings. The molecule has 50 heavy (non-hydrogen) atoms. The minimum atomic E-state index is -1.36. The van der Waals surface area contributed by atoms with Gasteiger partial charge >= 0.3 is 0 Å². The number of methoxy groups -OCH3 is 2. The summed E-state index contributed by atoms with van der Waals surface area (Å²) in [5.41, 5.74) is 1.46. The molecule has 2 aromatic heterocycles. The van der Waals surface area contributed by atoms with Crippen LogP contribution in [-0.2, 0) is 26.2 Å². The molecule has 2 saturated heterocycles. The van der Waals surface area contributed by atoms with Gasteiger partial charge < -0.3 is 14.6 Å². The van der Waals surface area contributed by atoms with Crippen LogP contribution < -0.4 is 14.4 Å².